The molecule has 3 aromatic rings. The third-order valence-corrected chi connectivity index (χ3v) is 5.73. The largest absolute Gasteiger partial charge is 0.506 e. The molecule has 1 saturated carbocycles. The van der Waals surface area contributed by atoms with Crippen molar-refractivity contribution in [2.24, 2.45) is 0 Å². The van der Waals surface area contributed by atoms with E-state index in [-0.39, 0.29) is 11.9 Å². The lowest BCUT2D eigenvalue weighted by molar-refractivity contribution is 0.121. The van der Waals surface area contributed by atoms with E-state index in [1.165, 1.54) is 6.20 Å². The van der Waals surface area contributed by atoms with Crippen molar-refractivity contribution in [2.45, 2.75) is 37.7 Å². The van der Waals surface area contributed by atoms with E-state index >= 15 is 0 Å². The van der Waals surface area contributed by atoms with Gasteiger partial charge in [-0.1, -0.05) is 0 Å². The topological polar surface area (TPSA) is 109 Å². The summed E-state index contributed by atoms with van der Waals surface area (Å²) in [4.78, 5) is 14.5. The number of fused-ring (bicyclic) bond motifs is 1. The summed E-state index contributed by atoms with van der Waals surface area (Å²) in [6, 6.07) is 3.63. The number of H-pyrrole nitrogens is 1. The Labute approximate surface area is 168 Å². The second-order valence-corrected chi connectivity index (χ2v) is 7.61. The molecule has 0 radical (unpaired) electrons. The summed E-state index contributed by atoms with van der Waals surface area (Å²) in [5, 5.41) is 18.7. The molecule has 2 fully saturated rings. The number of nitrogens with one attached hydrogen (secondary N) is 1. The lowest BCUT2D eigenvalue weighted by atomic mass is 9.87. The highest BCUT2D eigenvalue weighted by molar-refractivity contribution is 5.86. The highest BCUT2D eigenvalue weighted by atomic mass is 16.5. The lowest BCUT2D eigenvalue weighted by Crippen LogP contribution is -2.36. The van der Waals surface area contributed by atoms with Gasteiger partial charge in [0.15, 0.2) is 0 Å². The number of anilines is 1. The average molecular weight is 396 g/mol. The second-order valence-electron chi connectivity index (χ2n) is 7.61. The van der Waals surface area contributed by atoms with Gasteiger partial charge in [0.1, 0.15) is 29.8 Å². The Balaban J connectivity index is 1.38. The van der Waals surface area contributed by atoms with Crippen LogP contribution < -0.4 is 9.64 Å². The monoisotopic (exact) mass is 396 g/mol. The Morgan fingerprint density at radius 2 is 1.97 bits per heavy atom. The molecule has 0 unspecified atom stereocenters. The average Bonchev–Trinajstić information content (AvgIpc) is 3.30. The molecule has 9 nitrogen and oxygen atoms in total. The minimum absolute atomic E-state index is 0.0761. The molecule has 5 rings (SSSR count). The van der Waals surface area contributed by atoms with Crippen molar-refractivity contribution in [1.29, 1.82) is 0 Å². The normalized spacial score (nSPS) is 22.7. The molecule has 4 heterocycles. The number of morpholine rings is 1. The molecule has 29 heavy (non-hydrogen) atoms. The first-order valence-corrected chi connectivity index (χ1v) is 10.1. The Morgan fingerprint density at radius 3 is 2.72 bits per heavy atom. The first kappa shape index (κ1) is 18.1. The van der Waals surface area contributed by atoms with Gasteiger partial charge in [-0.25, -0.2) is 0 Å². The zero-order valence-electron chi connectivity index (χ0n) is 16.1. The first-order chi connectivity index (χ1) is 14.3. The van der Waals surface area contributed by atoms with Crippen molar-refractivity contribution in [1.82, 2.24) is 25.1 Å². The van der Waals surface area contributed by atoms with Gasteiger partial charge in [-0.2, -0.15) is 4.98 Å². The van der Waals surface area contributed by atoms with Crippen LogP contribution in [0.2, 0.25) is 0 Å². The van der Waals surface area contributed by atoms with Crippen LogP contribution in [0.5, 0.6) is 11.6 Å². The smallest absolute Gasteiger partial charge is 0.225 e. The van der Waals surface area contributed by atoms with Gasteiger partial charge in [-0.3, -0.25) is 4.98 Å². The minimum Gasteiger partial charge on any atom is -0.506 e. The number of aromatic amines is 1. The fraction of sp³-hybridized carbons (Fsp3) is 0.500. The molecule has 1 saturated heterocycles. The van der Waals surface area contributed by atoms with Crippen LogP contribution in [0.15, 0.2) is 24.7 Å². The van der Waals surface area contributed by atoms with Crippen molar-refractivity contribution in [3.8, 4) is 11.6 Å². The van der Waals surface area contributed by atoms with E-state index in [0.717, 1.165) is 61.3 Å². The summed E-state index contributed by atoms with van der Waals surface area (Å²) in [5.41, 5.74) is 0.768. The van der Waals surface area contributed by atoms with Gasteiger partial charge in [0, 0.05) is 25.1 Å². The predicted octanol–water partition coefficient (Wildman–Crippen LogP) is 2.40. The molecule has 2 N–H and O–H groups in total. The quantitative estimate of drug-likeness (QED) is 0.692. The Hall–Kier alpha value is -2.94. The zero-order valence-corrected chi connectivity index (χ0v) is 16.1. The molecule has 3 aromatic heterocycles. The third-order valence-electron chi connectivity index (χ3n) is 5.73. The maximum absolute atomic E-state index is 9.93. The second kappa shape index (κ2) is 7.82. The zero-order chi connectivity index (χ0) is 19.6. The maximum Gasteiger partial charge on any atom is 0.225 e. The number of rotatable bonds is 4. The number of ether oxygens (including phenoxy) is 2. The van der Waals surface area contributed by atoms with E-state index < -0.39 is 0 Å². The maximum atomic E-state index is 9.93. The summed E-state index contributed by atoms with van der Waals surface area (Å²) in [5.74, 6) is 2.83. The van der Waals surface area contributed by atoms with Crippen LogP contribution in [-0.4, -0.2) is 62.7 Å². The molecule has 0 amide bonds. The van der Waals surface area contributed by atoms with Gasteiger partial charge in [-0.05, 0) is 31.7 Å². The lowest BCUT2D eigenvalue weighted by Gasteiger charge is -2.30. The van der Waals surface area contributed by atoms with Crippen molar-refractivity contribution < 1.29 is 14.6 Å². The van der Waals surface area contributed by atoms with Gasteiger partial charge in [0.25, 0.3) is 0 Å². The first-order valence-electron chi connectivity index (χ1n) is 10.1. The molecule has 9 heteroatoms. The van der Waals surface area contributed by atoms with Crippen LogP contribution >= 0.6 is 0 Å². The van der Waals surface area contributed by atoms with Crippen LogP contribution in [0.3, 0.4) is 0 Å². The summed E-state index contributed by atoms with van der Waals surface area (Å²) in [6.07, 6.45) is 6.98. The van der Waals surface area contributed by atoms with Crippen molar-refractivity contribution in [3.63, 3.8) is 0 Å². The molecule has 1 aliphatic carbocycles. The number of aromatic hydroxyl groups is 1. The van der Waals surface area contributed by atoms with Crippen molar-refractivity contribution >= 4 is 16.7 Å². The highest BCUT2D eigenvalue weighted by Gasteiger charge is 2.27. The molecule has 0 spiro atoms. The Kier molecular flexibility index (Phi) is 4.89. The van der Waals surface area contributed by atoms with Gasteiger partial charge in [-0.15, -0.1) is 10.2 Å². The fourth-order valence-corrected chi connectivity index (χ4v) is 4.14. The molecule has 0 bridgehead atoms. The van der Waals surface area contributed by atoms with Crippen LogP contribution in [0.25, 0.3) is 10.9 Å². The van der Waals surface area contributed by atoms with Crippen LogP contribution in [0, 0.1) is 0 Å². The van der Waals surface area contributed by atoms with E-state index in [1.807, 2.05) is 6.07 Å². The molecule has 1 aliphatic heterocycles. The summed E-state index contributed by atoms with van der Waals surface area (Å²) < 4.78 is 11.8. The van der Waals surface area contributed by atoms with Crippen LogP contribution in [0.4, 0.5) is 5.82 Å². The van der Waals surface area contributed by atoms with Crippen molar-refractivity contribution in [3.05, 3.63) is 30.5 Å². The standard InChI is InChI=1S/C20H24N6O3/c27-14-9-16-17(21-11-14)10-18(26-5-7-28-8-6-26)24-20(16)29-15-3-1-13(2-4-15)19-22-12-23-25-19/h9-13,15,27H,1-8H2,(H,22,23,25)/t13-,15+. The van der Waals surface area contributed by atoms with Gasteiger partial charge in [0.05, 0.1) is 30.3 Å². The third kappa shape index (κ3) is 3.82. The minimum atomic E-state index is 0.0761. The van der Waals surface area contributed by atoms with E-state index in [4.69, 9.17) is 14.5 Å². The summed E-state index contributed by atoms with van der Waals surface area (Å²) in [7, 11) is 0. The SMILES string of the molecule is Oc1cnc2cc(N3CCOCC3)nc(O[C@H]3CC[C@@H](c4nnc[nH]4)CC3)c2c1. The number of hydrogen-bond donors (Lipinski definition) is 2. The molecular formula is C20H24N6O3. The van der Waals surface area contributed by atoms with Gasteiger partial charge in [0.2, 0.25) is 5.88 Å². The molecular weight excluding hydrogens is 372 g/mol. The highest BCUT2D eigenvalue weighted by Crippen LogP contribution is 2.35. The summed E-state index contributed by atoms with van der Waals surface area (Å²) >= 11 is 0. The predicted molar refractivity (Wildman–Crippen MR) is 106 cm³/mol. The van der Waals surface area contributed by atoms with Crippen molar-refractivity contribution in [2.75, 3.05) is 31.2 Å². The van der Waals surface area contributed by atoms with E-state index in [2.05, 4.69) is 25.1 Å². The number of aromatic nitrogens is 5. The van der Waals surface area contributed by atoms with Crippen LogP contribution in [-0.2, 0) is 4.74 Å². The Bertz CT molecular complexity index is 966. The van der Waals surface area contributed by atoms with E-state index in [1.54, 1.807) is 12.4 Å². The van der Waals surface area contributed by atoms with E-state index in [0.29, 0.717) is 25.0 Å². The van der Waals surface area contributed by atoms with Crippen LogP contribution in [0.1, 0.15) is 37.4 Å². The van der Waals surface area contributed by atoms with E-state index in [9.17, 15) is 5.11 Å². The number of pyridine rings is 2. The van der Waals surface area contributed by atoms with Gasteiger partial charge >= 0.3 is 0 Å². The fourth-order valence-electron chi connectivity index (χ4n) is 4.14. The molecule has 0 atom stereocenters. The Morgan fingerprint density at radius 1 is 1.14 bits per heavy atom. The molecule has 2 aliphatic rings. The summed E-state index contributed by atoms with van der Waals surface area (Å²) in [6.45, 7) is 2.95. The van der Waals surface area contributed by atoms with Gasteiger partial charge < -0.3 is 24.5 Å². The molecule has 0 aromatic carbocycles. The number of hydrogen-bond acceptors (Lipinski definition) is 8. The molecule has 152 valence electrons. The number of nitrogens with zero attached hydrogens (tertiary/aromatic N) is 5.